The summed E-state index contributed by atoms with van der Waals surface area (Å²) in [4.78, 5) is 0. The lowest BCUT2D eigenvalue weighted by Crippen LogP contribution is -2.18. The molecule has 0 aliphatic carbocycles. The van der Waals surface area contributed by atoms with E-state index >= 15 is 0 Å². The summed E-state index contributed by atoms with van der Waals surface area (Å²) in [6.07, 6.45) is 0. The summed E-state index contributed by atoms with van der Waals surface area (Å²) in [5.74, 6) is -0.212. The van der Waals surface area contributed by atoms with E-state index in [1.165, 1.54) is 12.1 Å². The van der Waals surface area contributed by atoms with Crippen molar-refractivity contribution in [3.05, 3.63) is 68.9 Å². The summed E-state index contributed by atoms with van der Waals surface area (Å²) in [5, 5.41) is 4.09. The lowest BCUT2D eigenvalue weighted by atomic mass is 10.1. The summed E-state index contributed by atoms with van der Waals surface area (Å²) < 4.78 is 13.7. The van der Waals surface area contributed by atoms with E-state index < -0.39 is 0 Å². The summed E-state index contributed by atoms with van der Waals surface area (Å²) in [5.41, 5.74) is 2.17. The van der Waals surface area contributed by atoms with Gasteiger partial charge in [-0.05, 0) is 58.2 Å². The third kappa shape index (κ3) is 4.03. The lowest BCUT2D eigenvalue weighted by Gasteiger charge is -2.14. The topological polar surface area (TPSA) is 12.0 Å². The molecule has 1 unspecified atom stereocenters. The number of hydrogen-bond donors (Lipinski definition) is 1. The van der Waals surface area contributed by atoms with Gasteiger partial charge in [0.05, 0.1) is 5.02 Å². The molecule has 2 aromatic rings. The predicted molar refractivity (Wildman–Crippen MR) is 80.8 cm³/mol. The maximum absolute atomic E-state index is 12.8. The van der Waals surface area contributed by atoms with Crippen molar-refractivity contribution in [2.24, 2.45) is 0 Å². The molecule has 0 bridgehead atoms. The van der Waals surface area contributed by atoms with Gasteiger partial charge in [-0.25, -0.2) is 4.39 Å². The smallest absolute Gasteiger partial charge is 0.123 e. The second kappa shape index (κ2) is 6.51. The Hall–Kier alpha value is -0.900. The van der Waals surface area contributed by atoms with E-state index in [1.807, 2.05) is 25.1 Å². The third-order valence-corrected chi connectivity index (χ3v) is 4.20. The van der Waals surface area contributed by atoms with Gasteiger partial charge in [0.15, 0.2) is 0 Å². The van der Waals surface area contributed by atoms with Gasteiger partial charge in [0, 0.05) is 17.1 Å². The summed E-state index contributed by atoms with van der Waals surface area (Å²) in [6, 6.07) is 12.6. The van der Waals surface area contributed by atoms with Crippen LogP contribution >= 0.6 is 27.5 Å². The quantitative estimate of drug-likeness (QED) is 0.816. The Labute approximate surface area is 125 Å². The Kier molecular flexibility index (Phi) is 4.97. The molecule has 2 rings (SSSR count). The van der Waals surface area contributed by atoms with Gasteiger partial charge in [-0.15, -0.1) is 0 Å². The van der Waals surface area contributed by atoms with Crippen LogP contribution in [0.5, 0.6) is 0 Å². The van der Waals surface area contributed by atoms with Crippen LogP contribution in [0.1, 0.15) is 24.1 Å². The molecule has 100 valence electrons. The Morgan fingerprint density at radius 3 is 2.53 bits per heavy atom. The Bertz CT molecular complexity index is 557. The predicted octanol–water partition coefficient (Wildman–Crippen LogP) is 5.09. The van der Waals surface area contributed by atoms with E-state index in [9.17, 15) is 4.39 Å². The van der Waals surface area contributed by atoms with Gasteiger partial charge in [-0.2, -0.15) is 0 Å². The zero-order valence-electron chi connectivity index (χ0n) is 10.5. The largest absolute Gasteiger partial charge is 0.306 e. The highest BCUT2D eigenvalue weighted by atomic mass is 79.9. The minimum absolute atomic E-state index is 0.156. The lowest BCUT2D eigenvalue weighted by molar-refractivity contribution is 0.571. The van der Waals surface area contributed by atoms with Crippen molar-refractivity contribution in [1.82, 2.24) is 5.32 Å². The van der Waals surface area contributed by atoms with Crippen LogP contribution in [0.3, 0.4) is 0 Å². The third-order valence-electron chi connectivity index (χ3n) is 2.97. The van der Waals surface area contributed by atoms with Crippen LogP contribution in [0.25, 0.3) is 0 Å². The van der Waals surface area contributed by atoms with E-state index in [0.717, 1.165) is 15.6 Å². The van der Waals surface area contributed by atoms with Crippen molar-refractivity contribution in [1.29, 1.82) is 0 Å². The molecule has 0 amide bonds. The molecule has 1 N–H and O–H groups in total. The molecule has 2 aromatic carbocycles. The van der Waals surface area contributed by atoms with Gasteiger partial charge in [-0.1, -0.05) is 29.8 Å². The van der Waals surface area contributed by atoms with E-state index in [-0.39, 0.29) is 11.9 Å². The van der Waals surface area contributed by atoms with Crippen LogP contribution < -0.4 is 5.32 Å². The first-order valence-corrected chi connectivity index (χ1v) is 7.16. The molecule has 0 saturated heterocycles. The van der Waals surface area contributed by atoms with Crippen LogP contribution in [-0.2, 0) is 6.54 Å². The molecule has 4 heteroatoms. The Balaban J connectivity index is 1.98. The fourth-order valence-corrected chi connectivity index (χ4v) is 2.24. The van der Waals surface area contributed by atoms with Gasteiger partial charge >= 0.3 is 0 Å². The fraction of sp³-hybridized carbons (Fsp3) is 0.200. The number of nitrogens with one attached hydrogen (secondary N) is 1. The summed E-state index contributed by atoms with van der Waals surface area (Å²) in [6.45, 7) is 2.76. The van der Waals surface area contributed by atoms with Gasteiger partial charge < -0.3 is 5.32 Å². The van der Waals surface area contributed by atoms with Gasteiger partial charge in [0.25, 0.3) is 0 Å². The zero-order valence-corrected chi connectivity index (χ0v) is 12.8. The van der Waals surface area contributed by atoms with Crippen molar-refractivity contribution in [3.8, 4) is 0 Å². The highest BCUT2D eigenvalue weighted by Crippen LogP contribution is 2.23. The molecule has 0 aliphatic rings. The van der Waals surface area contributed by atoms with E-state index in [4.69, 9.17) is 11.6 Å². The van der Waals surface area contributed by atoms with Crippen molar-refractivity contribution in [2.45, 2.75) is 19.5 Å². The molecule has 1 atom stereocenters. The fourth-order valence-electron chi connectivity index (χ4n) is 1.79. The highest BCUT2D eigenvalue weighted by Gasteiger charge is 2.05. The van der Waals surface area contributed by atoms with Crippen LogP contribution in [-0.4, -0.2) is 0 Å². The van der Waals surface area contributed by atoms with Crippen LogP contribution in [0.15, 0.2) is 46.9 Å². The van der Waals surface area contributed by atoms with Crippen molar-refractivity contribution in [2.75, 3.05) is 0 Å². The molecule has 0 fully saturated rings. The molecule has 0 spiro atoms. The monoisotopic (exact) mass is 341 g/mol. The van der Waals surface area contributed by atoms with Crippen LogP contribution in [0.2, 0.25) is 5.02 Å². The van der Waals surface area contributed by atoms with E-state index in [1.54, 1.807) is 12.1 Å². The normalized spacial score (nSPS) is 12.4. The Morgan fingerprint density at radius 2 is 1.89 bits per heavy atom. The van der Waals surface area contributed by atoms with E-state index in [0.29, 0.717) is 11.6 Å². The average molecular weight is 343 g/mol. The first-order valence-electron chi connectivity index (χ1n) is 5.99. The summed E-state index contributed by atoms with van der Waals surface area (Å²) >= 11 is 9.41. The second-order valence-corrected chi connectivity index (χ2v) is 5.66. The molecule has 0 radical (unpaired) electrons. The van der Waals surface area contributed by atoms with Crippen molar-refractivity contribution < 1.29 is 4.39 Å². The number of hydrogen-bond acceptors (Lipinski definition) is 1. The zero-order chi connectivity index (χ0) is 13.8. The van der Waals surface area contributed by atoms with Gasteiger partial charge in [0.1, 0.15) is 5.82 Å². The van der Waals surface area contributed by atoms with Gasteiger partial charge in [0.2, 0.25) is 0 Å². The number of benzene rings is 2. The first-order chi connectivity index (χ1) is 9.06. The second-order valence-electron chi connectivity index (χ2n) is 4.40. The SMILES string of the molecule is CC(NCc1ccc(Br)c(Cl)c1)c1ccc(F)cc1. The minimum atomic E-state index is -0.212. The highest BCUT2D eigenvalue weighted by molar-refractivity contribution is 9.10. The number of halogens is 3. The maximum atomic E-state index is 12.8. The summed E-state index contributed by atoms with van der Waals surface area (Å²) in [7, 11) is 0. The van der Waals surface area contributed by atoms with Crippen LogP contribution in [0.4, 0.5) is 4.39 Å². The molecular formula is C15H14BrClFN. The molecule has 19 heavy (non-hydrogen) atoms. The maximum Gasteiger partial charge on any atom is 0.123 e. The molecule has 0 aromatic heterocycles. The number of rotatable bonds is 4. The molecular weight excluding hydrogens is 329 g/mol. The molecule has 1 nitrogen and oxygen atoms in total. The van der Waals surface area contributed by atoms with Crippen molar-refractivity contribution in [3.63, 3.8) is 0 Å². The average Bonchev–Trinajstić information content (AvgIpc) is 2.40. The molecule has 0 saturated carbocycles. The first kappa shape index (κ1) is 14.5. The van der Waals surface area contributed by atoms with E-state index in [2.05, 4.69) is 21.2 Å². The minimum Gasteiger partial charge on any atom is -0.306 e. The van der Waals surface area contributed by atoms with Gasteiger partial charge in [-0.3, -0.25) is 0 Å². The molecule has 0 heterocycles. The standard InChI is InChI=1S/C15H14BrClFN/c1-10(12-3-5-13(18)6-4-12)19-9-11-2-7-14(16)15(17)8-11/h2-8,10,19H,9H2,1H3. The molecule has 0 aliphatic heterocycles. The van der Waals surface area contributed by atoms with Crippen LogP contribution in [0, 0.1) is 5.82 Å². The Morgan fingerprint density at radius 1 is 1.21 bits per heavy atom. The van der Waals surface area contributed by atoms with Crippen molar-refractivity contribution >= 4 is 27.5 Å².